The number of amides is 2. The monoisotopic (exact) mass is 446 g/mol. The third-order valence-electron chi connectivity index (χ3n) is 5.34. The zero-order chi connectivity index (χ0) is 23.3. The van der Waals surface area contributed by atoms with Crippen LogP contribution in [0, 0.1) is 6.92 Å². The Morgan fingerprint density at radius 2 is 1.66 bits per heavy atom. The minimum absolute atomic E-state index is 0.0709. The molecule has 0 radical (unpaired) electrons. The topological polar surface area (TPSA) is 58.2 Å². The average Bonchev–Trinajstić information content (AvgIpc) is 3.26. The number of hydrogen-bond donors (Lipinski definition) is 2. The average molecular weight is 447 g/mol. The van der Waals surface area contributed by atoms with E-state index in [0.717, 1.165) is 16.0 Å². The molecule has 0 saturated carbocycles. The Hall–Kier alpha value is -3.18. The van der Waals surface area contributed by atoms with Crippen LogP contribution >= 0.6 is 11.3 Å². The first kappa shape index (κ1) is 23.5. The molecule has 2 N–H and O–H groups in total. The standard InChI is InChI=1S/C27H30N2O2S/c1-18-9-6-7-11-23(18)25(30)29-24(17-22-10-8-16-32-22)26(31)28-19(2)20-12-14-21(15-13-20)27(3,4)5/h6-17,19H,1-5H3,(H,28,31)(H,29,30)/b24-17-/t19-/m0/s1. The normalized spacial score (nSPS) is 12.8. The molecule has 1 atom stereocenters. The van der Waals surface area contributed by atoms with Crippen molar-refractivity contribution in [2.75, 3.05) is 0 Å². The number of nitrogens with one attached hydrogen (secondary N) is 2. The first-order chi connectivity index (χ1) is 15.1. The van der Waals surface area contributed by atoms with Crippen LogP contribution in [0.2, 0.25) is 0 Å². The van der Waals surface area contributed by atoms with E-state index in [1.807, 2.05) is 61.7 Å². The summed E-state index contributed by atoms with van der Waals surface area (Å²) in [5.41, 5.74) is 3.94. The minimum atomic E-state index is -0.326. The first-order valence-electron chi connectivity index (χ1n) is 10.7. The van der Waals surface area contributed by atoms with Crippen molar-refractivity contribution in [3.63, 3.8) is 0 Å². The summed E-state index contributed by atoms with van der Waals surface area (Å²) in [5, 5.41) is 7.77. The van der Waals surface area contributed by atoms with Crippen LogP contribution in [-0.2, 0) is 10.2 Å². The molecule has 0 bridgehead atoms. The summed E-state index contributed by atoms with van der Waals surface area (Å²) in [7, 11) is 0. The highest BCUT2D eigenvalue weighted by molar-refractivity contribution is 7.10. The lowest BCUT2D eigenvalue weighted by Crippen LogP contribution is -2.36. The molecule has 0 spiro atoms. The fourth-order valence-electron chi connectivity index (χ4n) is 3.32. The van der Waals surface area contributed by atoms with Crippen LogP contribution < -0.4 is 10.6 Å². The van der Waals surface area contributed by atoms with Crippen molar-refractivity contribution in [1.82, 2.24) is 10.6 Å². The number of benzene rings is 2. The van der Waals surface area contributed by atoms with Gasteiger partial charge < -0.3 is 10.6 Å². The molecule has 4 nitrogen and oxygen atoms in total. The Morgan fingerprint density at radius 3 is 2.25 bits per heavy atom. The summed E-state index contributed by atoms with van der Waals surface area (Å²) < 4.78 is 0. The zero-order valence-electron chi connectivity index (χ0n) is 19.2. The number of aryl methyl sites for hydroxylation is 1. The van der Waals surface area contributed by atoms with Crippen molar-refractivity contribution < 1.29 is 9.59 Å². The lowest BCUT2D eigenvalue weighted by molar-refractivity contribution is -0.118. The van der Waals surface area contributed by atoms with Gasteiger partial charge in [0.2, 0.25) is 0 Å². The van der Waals surface area contributed by atoms with Crippen LogP contribution in [0.3, 0.4) is 0 Å². The van der Waals surface area contributed by atoms with Crippen LogP contribution in [-0.4, -0.2) is 11.8 Å². The molecule has 2 aromatic carbocycles. The lowest BCUT2D eigenvalue weighted by Gasteiger charge is -2.21. The van der Waals surface area contributed by atoms with E-state index in [9.17, 15) is 9.59 Å². The molecule has 32 heavy (non-hydrogen) atoms. The van der Waals surface area contributed by atoms with E-state index in [1.165, 1.54) is 16.9 Å². The summed E-state index contributed by atoms with van der Waals surface area (Å²) in [6, 6.07) is 19.2. The second-order valence-electron chi connectivity index (χ2n) is 8.91. The van der Waals surface area contributed by atoms with Crippen LogP contribution in [0.5, 0.6) is 0 Å². The molecule has 0 fully saturated rings. The van der Waals surface area contributed by atoms with Crippen LogP contribution in [0.15, 0.2) is 71.7 Å². The molecular weight excluding hydrogens is 416 g/mol. The van der Waals surface area contributed by atoms with E-state index in [1.54, 1.807) is 12.1 Å². The van der Waals surface area contributed by atoms with Crippen LogP contribution in [0.25, 0.3) is 6.08 Å². The van der Waals surface area contributed by atoms with Crippen LogP contribution in [0.4, 0.5) is 0 Å². The molecule has 3 aromatic rings. The van der Waals surface area contributed by atoms with Gasteiger partial charge in [-0.25, -0.2) is 0 Å². The molecule has 0 aliphatic rings. The van der Waals surface area contributed by atoms with Gasteiger partial charge in [-0.3, -0.25) is 9.59 Å². The molecule has 3 rings (SSSR count). The van der Waals surface area contributed by atoms with Crippen molar-refractivity contribution in [3.8, 4) is 0 Å². The molecule has 2 amide bonds. The van der Waals surface area contributed by atoms with E-state index in [4.69, 9.17) is 0 Å². The number of thiophene rings is 1. The zero-order valence-corrected chi connectivity index (χ0v) is 20.0. The fourth-order valence-corrected chi connectivity index (χ4v) is 3.98. The van der Waals surface area contributed by atoms with Gasteiger partial charge in [-0.15, -0.1) is 11.3 Å². The van der Waals surface area contributed by atoms with Gasteiger partial charge in [-0.05, 0) is 59.5 Å². The van der Waals surface area contributed by atoms with E-state index >= 15 is 0 Å². The lowest BCUT2D eigenvalue weighted by atomic mass is 9.86. The maximum absolute atomic E-state index is 13.1. The Kier molecular flexibility index (Phi) is 7.31. The third-order valence-corrected chi connectivity index (χ3v) is 6.16. The number of hydrogen-bond acceptors (Lipinski definition) is 3. The van der Waals surface area contributed by atoms with Gasteiger partial charge in [-0.1, -0.05) is 69.3 Å². The van der Waals surface area contributed by atoms with Crippen LogP contribution in [0.1, 0.15) is 65.7 Å². The summed E-state index contributed by atoms with van der Waals surface area (Å²) >= 11 is 1.51. The number of carbonyl (C=O) groups excluding carboxylic acids is 2. The van der Waals surface area contributed by atoms with Crippen molar-refractivity contribution >= 4 is 29.2 Å². The molecular formula is C27H30N2O2S. The first-order valence-corrected chi connectivity index (χ1v) is 11.6. The molecule has 0 saturated heterocycles. The predicted molar refractivity (Wildman–Crippen MR) is 133 cm³/mol. The fraction of sp³-hybridized carbons (Fsp3) is 0.259. The maximum atomic E-state index is 13.1. The highest BCUT2D eigenvalue weighted by Gasteiger charge is 2.19. The van der Waals surface area contributed by atoms with Crippen molar-refractivity contribution in [1.29, 1.82) is 0 Å². The minimum Gasteiger partial charge on any atom is -0.344 e. The Labute approximate surface area is 194 Å². The molecule has 0 aliphatic heterocycles. The molecule has 0 unspecified atom stereocenters. The third kappa shape index (κ3) is 5.95. The van der Waals surface area contributed by atoms with Crippen molar-refractivity contribution in [2.24, 2.45) is 0 Å². The predicted octanol–water partition coefficient (Wildman–Crippen LogP) is 6.00. The summed E-state index contributed by atoms with van der Waals surface area (Å²) in [4.78, 5) is 26.9. The van der Waals surface area contributed by atoms with Gasteiger partial charge in [0.15, 0.2) is 0 Å². The van der Waals surface area contributed by atoms with Gasteiger partial charge in [0.1, 0.15) is 5.70 Å². The summed E-state index contributed by atoms with van der Waals surface area (Å²) in [6.07, 6.45) is 1.71. The molecule has 166 valence electrons. The second kappa shape index (κ2) is 9.96. The van der Waals surface area contributed by atoms with Gasteiger partial charge in [0.25, 0.3) is 11.8 Å². The molecule has 1 heterocycles. The molecule has 1 aromatic heterocycles. The molecule has 0 aliphatic carbocycles. The molecule has 5 heteroatoms. The summed E-state index contributed by atoms with van der Waals surface area (Å²) in [5.74, 6) is -0.629. The van der Waals surface area contributed by atoms with E-state index in [0.29, 0.717) is 5.56 Å². The highest BCUT2D eigenvalue weighted by Crippen LogP contribution is 2.24. The SMILES string of the molecule is Cc1ccccc1C(=O)N/C(=C\c1cccs1)C(=O)N[C@@H](C)c1ccc(C(C)(C)C)cc1. The maximum Gasteiger partial charge on any atom is 0.268 e. The van der Waals surface area contributed by atoms with Gasteiger partial charge in [0, 0.05) is 10.4 Å². The number of carbonyl (C=O) groups is 2. The second-order valence-corrected chi connectivity index (χ2v) is 9.89. The largest absolute Gasteiger partial charge is 0.344 e. The van der Waals surface area contributed by atoms with Gasteiger partial charge >= 0.3 is 0 Å². The Morgan fingerprint density at radius 1 is 0.969 bits per heavy atom. The Bertz CT molecular complexity index is 1110. The smallest absolute Gasteiger partial charge is 0.268 e. The number of rotatable bonds is 6. The highest BCUT2D eigenvalue weighted by atomic mass is 32.1. The quantitative estimate of drug-likeness (QED) is 0.456. The van der Waals surface area contributed by atoms with Gasteiger partial charge in [-0.2, -0.15) is 0 Å². The van der Waals surface area contributed by atoms with Gasteiger partial charge in [0.05, 0.1) is 6.04 Å². The van der Waals surface area contributed by atoms with Crippen molar-refractivity contribution in [3.05, 3.63) is 98.9 Å². The van der Waals surface area contributed by atoms with E-state index < -0.39 is 0 Å². The summed E-state index contributed by atoms with van der Waals surface area (Å²) in [6.45, 7) is 10.3. The van der Waals surface area contributed by atoms with E-state index in [2.05, 4.69) is 43.5 Å². The Balaban J connectivity index is 1.80. The van der Waals surface area contributed by atoms with Crippen molar-refractivity contribution in [2.45, 2.75) is 46.1 Å². The van der Waals surface area contributed by atoms with E-state index in [-0.39, 0.29) is 29.0 Å².